The summed E-state index contributed by atoms with van der Waals surface area (Å²) in [5.41, 5.74) is 10.6. The van der Waals surface area contributed by atoms with Gasteiger partial charge in [-0.1, -0.05) is 12.1 Å². The molecule has 30 heavy (non-hydrogen) atoms. The summed E-state index contributed by atoms with van der Waals surface area (Å²) < 4.78 is 16.5. The summed E-state index contributed by atoms with van der Waals surface area (Å²) >= 11 is 0. The number of carbonyl (C=O) groups is 1. The minimum atomic E-state index is -1.29. The maximum atomic E-state index is 15.3. The monoisotopic (exact) mass is 407 g/mol. The number of hydrogen-bond acceptors (Lipinski definition) is 4. The highest BCUT2D eigenvalue weighted by molar-refractivity contribution is 5.89. The minimum absolute atomic E-state index is 0.206. The van der Waals surface area contributed by atoms with Gasteiger partial charge in [-0.15, -0.1) is 0 Å². The predicted molar refractivity (Wildman–Crippen MR) is 113 cm³/mol. The first-order valence-corrected chi connectivity index (χ1v) is 10.1. The third-order valence-corrected chi connectivity index (χ3v) is 6.31. The van der Waals surface area contributed by atoms with E-state index in [2.05, 4.69) is 0 Å². The number of halogens is 1. The average molecular weight is 407 g/mol. The molecule has 0 amide bonds. The molecule has 0 spiro atoms. The van der Waals surface area contributed by atoms with Crippen molar-refractivity contribution in [2.24, 2.45) is 0 Å². The normalized spacial score (nSPS) is 16.0. The number of rotatable bonds is 3. The third-order valence-electron chi connectivity index (χ3n) is 6.31. The van der Waals surface area contributed by atoms with Crippen LogP contribution in [0.25, 0.3) is 5.52 Å². The van der Waals surface area contributed by atoms with Crippen molar-refractivity contribution in [3.63, 3.8) is 0 Å². The molecule has 7 heteroatoms. The third kappa shape index (κ3) is 2.76. The van der Waals surface area contributed by atoms with E-state index in [1.165, 1.54) is 10.5 Å². The summed E-state index contributed by atoms with van der Waals surface area (Å²) in [4.78, 5) is 26.3. The average Bonchev–Trinajstić information content (AvgIpc) is 3.54. The highest BCUT2D eigenvalue weighted by atomic mass is 19.1. The van der Waals surface area contributed by atoms with E-state index < -0.39 is 17.3 Å². The fourth-order valence-electron chi connectivity index (χ4n) is 4.72. The van der Waals surface area contributed by atoms with Gasteiger partial charge in [0.25, 0.3) is 5.56 Å². The maximum absolute atomic E-state index is 15.3. The number of aromatic carboxylic acids is 1. The fraction of sp³-hybridized carbons (Fsp3) is 0.304. The van der Waals surface area contributed by atoms with Gasteiger partial charge in [-0.05, 0) is 66.5 Å². The Morgan fingerprint density at radius 3 is 2.77 bits per heavy atom. The van der Waals surface area contributed by atoms with Crippen LogP contribution in [0.1, 0.15) is 51.4 Å². The molecular weight excluding hydrogens is 385 g/mol. The molecule has 5 rings (SSSR count). The van der Waals surface area contributed by atoms with E-state index in [0.29, 0.717) is 36.3 Å². The summed E-state index contributed by atoms with van der Waals surface area (Å²) in [7, 11) is 0. The molecule has 3 aromatic rings. The molecule has 1 saturated carbocycles. The molecular formula is C23H22FN3O3. The first-order valence-electron chi connectivity index (χ1n) is 10.1. The summed E-state index contributed by atoms with van der Waals surface area (Å²) in [6.07, 6.45) is 3.74. The van der Waals surface area contributed by atoms with Crippen molar-refractivity contribution >= 4 is 22.9 Å². The van der Waals surface area contributed by atoms with Gasteiger partial charge in [0.1, 0.15) is 5.56 Å². The molecule has 0 radical (unpaired) electrons. The van der Waals surface area contributed by atoms with E-state index in [-0.39, 0.29) is 11.5 Å². The molecule has 1 aromatic carbocycles. The largest absolute Gasteiger partial charge is 0.477 e. The summed E-state index contributed by atoms with van der Waals surface area (Å²) in [5.74, 6) is -1.61. The number of benzene rings is 1. The molecule has 2 aliphatic rings. The Hall–Kier alpha value is -3.35. The van der Waals surface area contributed by atoms with Gasteiger partial charge in [0, 0.05) is 18.8 Å². The van der Waals surface area contributed by atoms with Crippen molar-refractivity contribution in [3.8, 4) is 0 Å². The number of aromatic nitrogens is 1. The number of nitrogens with two attached hydrogens (primary N) is 1. The lowest BCUT2D eigenvalue weighted by Gasteiger charge is -2.33. The van der Waals surface area contributed by atoms with Crippen molar-refractivity contribution in [3.05, 3.63) is 74.5 Å². The Morgan fingerprint density at radius 1 is 1.30 bits per heavy atom. The molecule has 0 unspecified atom stereocenters. The molecule has 154 valence electrons. The quantitative estimate of drug-likeness (QED) is 0.649. The van der Waals surface area contributed by atoms with Crippen LogP contribution in [0.5, 0.6) is 0 Å². The van der Waals surface area contributed by atoms with Crippen LogP contribution in [-0.2, 0) is 13.0 Å². The Morgan fingerprint density at radius 2 is 2.07 bits per heavy atom. The second kappa shape index (κ2) is 6.58. The zero-order chi connectivity index (χ0) is 21.2. The molecule has 0 atom stereocenters. The van der Waals surface area contributed by atoms with Crippen molar-refractivity contribution in [2.75, 3.05) is 17.2 Å². The SMILES string of the molecule is Cc1c(N2CCc3c(N)cccc3C2)c(F)cn2c(=O)c(C(=O)O)cc(C3CC3)c12. The van der Waals surface area contributed by atoms with Crippen molar-refractivity contribution in [1.82, 2.24) is 4.40 Å². The number of fused-ring (bicyclic) bond motifs is 2. The van der Waals surface area contributed by atoms with Crippen LogP contribution in [0.4, 0.5) is 15.8 Å². The lowest BCUT2D eigenvalue weighted by Crippen LogP contribution is -2.33. The van der Waals surface area contributed by atoms with Crippen LogP contribution in [0.15, 0.2) is 35.3 Å². The molecule has 0 saturated heterocycles. The highest BCUT2D eigenvalue weighted by Crippen LogP contribution is 2.44. The van der Waals surface area contributed by atoms with Gasteiger partial charge >= 0.3 is 5.97 Å². The van der Waals surface area contributed by atoms with Crippen LogP contribution in [0, 0.1) is 12.7 Å². The van der Waals surface area contributed by atoms with Gasteiger partial charge in [-0.25, -0.2) is 9.18 Å². The Labute approximate surface area is 172 Å². The van der Waals surface area contributed by atoms with E-state index in [1.807, 2.05) is 30.0 Å². The number of aryl methyl sites for hydroxylation is 1. The molecule has 0 bridgehead atoms. The second-order valence-electron chi connectivity index (χ2n) is 8.22. The first kappa shape index (κ1) is 18.7. The van der Waals surface area contributed by atoms with Gasteiger partial charge in [0.15, 0.2) is 5.82 Å². The van der Waals surface area contributed by atoms with E-state index >= 15 is 4.39 Å². The highest BCUT2D eigenvalue weighted by Gasteiger charge is 2.31. The molecule has 2 aromatic heterocycles. The Kier molecular flexibility index (Phi) is 4.10. The van der Waals surface area contributed by atoms with Crippen molar-refractivity contribution < 1.29 is 14.3 Å². The number of nitrogen functional groups attached to an aromatic ring is 1. The van der Waals surface area contributed by atoms with Crippen molar-refractivity contribution in [1.29, 1.82) is 0 Å². The predicted octanol–water partition coefficient (Wildman–Crippen LogP) is 3.47. The van der Waals surface area contributed by atoms with Gasteiger partial charge in [-0.3, -0.25) is 9.20 Å². The fourth-order valence-corrected chi connectivity index (χ4v) is 4.72. The molecule has 1 fully saturated rings. The van der Waals surface area contributed by atoms with Gasteiger partial charge in [-0.2, -0.15) is 0 Å². The van der Waals surface area contributed by atoms with Crippen LogP contribution >= 0.6 is 0 Å². The number of anilines is 2. The summed E-state index contributed by atoms with van der Waals surface area (Å²) in [5, 5.41) is 9.44. The molecule has 1 aliphatic heterocycles. The topological polar surface area (TPSA) is 88.0 Å². The van der Waals surface area contributed by atoms with Crippen LogP contribution in [-0.4, -0.2) is 22.0 Å². The number of pyridine rings is 2. The number of carboxylic acids is 1. The lowest BCUT2D eigenvalue weighted by molar-refractivity contribution is 0.0694. The van der Waals surface area contributed by atoms with Crippen molar-refractivity contribution in [2.45, 2.75) is 38.6 Å². The summed E-state index contributed by atoms with van der Waals surface area (Å²) in [6.45, 7) is 2.96. The summed E-state index contributed by atoms with van der Waals surface area (Å²) in [6, 6.07) is 7.27. The minimum Gasteiger partial charge on any atom is -0.477 e. The van der Waals surface area contributed by atoms with Crippen LogP contribution in [0.3, 0.4) is 0 Å². The number of nitrogens with zero attached hydrogens (tertiary/aromatic N) is 2. The molecule has 6 nitrogen and oxygen atoms in total. The molecule has 3 N–H and O–H groups in total. The molecule has 1 aliphatic carbocycles. The second-order valence-corrected chi connectivity index (χ2v) is 8.22. The van der Waals surface area contributed by atoms with Crippen LogP contribution in [0.2, 0.25) is 0 Å². The zero-order valence-electron chi connectivity index (χ0n) is 16.6. The van der Waals surface area contributed by atoms with E-state index in [9.17, 15) is 14.7 Å². The van der Waals surface area contributed by atoms with E-state index in [0.717, 1.165) is 41.4 Å². The number of carboxylic acid groups (broad SMARTS) is 1. The zero-order valence-corrected chi connectivity index (χ0v) is 16.6. The van der Waals surface area contributed by atoms with E-state index in [4.69, 9.17) is 5.73 Å². The maximum Gasteiger partial charge on any atom is 0.341 e. The Bertz CT molecular complexity index is 1280. The standard InChI is InChI=1S/C23H22FN3O3/c1-12-20-16(13-5-6-13)9-17(23(29)30)22(28)27(20)11-18(24)21(12)26-8-7-15-14(10-26)3-2-4-19(15)25/h2-4,9,11,13H,5-8,10,25H2,1H3,(H,29,30). The first-order chi connectivity index (χ1) is 14.4. The Balaban J connectivity index is 1.71. The van der Waals surface area contributed by atoms with E-state index in [1.54, 1.807) is 0 Å². The van der Waals surface area contributed by atoms with Gasteiger partial charge in [0.05, 0.1) is 17.4 Å². The molecule has 3 heterocycles. The van der Waals surface area contributed by atoms with Gasteiger partial charge < -0.3 is 15.7 Å². The van der Waals surface area contributed by atoms with Crippen LogP contribution < -0.4 is 16.2 Å². The van der Waals surface area contributed by atoms with Gasteiger partial charge in [0.2, 0.25) is 0 Å². The smallest absolute Gasteiger partial charge is 0.341 e. The lowest BCUT2D eigenvalue weighted by atomic mass is 9.96. The number of hydrogen-bond donors (Lipinski definition) is 2.